The fourth-order valence-corrected chi connectivity index (χ4v) is 19.8. The third-order valence-electron chi connectivity index (χ3n) is 4.18. The van der Waals surface area contributed by atoms with E-state index in [2.05, 4.69) is 25.8 Å². The summed E-state index contributed by atoms with van der Waals surface area (Å²) >= 11 is 3.96. The number of hydrogen-bond donors (Lipinski definition) is 0. The monoisotopic (exact) mass is 404 g/mol. The van der Waals surface area contributed by atoms with Gasteiger partial charge in [-0.25, -0.2) is 0 Å². The Labute approximate surface area is 133 Å². The SMILES string of the molecule is CCC[CH2][Sn]([CH2]CCC)([CH2]CCC)[c]1nccnc1Cl. The minimum absolute atomic E-state index is 0.701. The molecule has 1 heterocycles. The molecular formula is C16H29ClN2Sn. The van der Waals surface area contributed by atoms with Gasteiger partial charge in [0.25, 0.3) is 0 Å². The fraction of sp³-hybridized carbons (Fsp3) is 0.750. The van der Waals surface area contributed by atoms with Gasteiger partial charge in [0.15, 0.2) is 0 Å². The molecule has 114 valence electrons. The predicted octanol–water partition coefficient (Wildman–Crippen LogP) is 5.19. The summed E-state index contributed by atoms with van der Waals surface area (Å²) in [6.07, 6.45) is 11.4. The summed E-state index contributed by atoms with van der Waals surface area (Å²) in [6.45, 7) is 6.86. The van der Waals surface area contributed by atoms with Gasteiger partial charge in [-0.2, -0.15) is 0 Å². The molecule has 0 radical (unpaired) electrons. The normalized spacial score (nSPS) is 11.8. The van der Waals surface area contributed by atoms with E-state index in [0.29, 0.717) is 5.15 Å². The van der Waals surface area contributed by atoms with E-state index in [-0.39, 0.29) is 0 Å². The molecule has 0 fully saturated rings. The van der Waals surface area contributed by atoms with Crippen molar-refractivity contribution in [1.82, 2.24) is 9.97 Å². The Morgan fingerprint density at radius 3 is 1.70 bits per heavy atom. The average molecular weight is 404 g/mol. The molecular weight excluding hydrogens is 374 g/mol. The molecule has 0 atom stereocenters. The standard InChI is InChI=1S/C4H2ClN2.3C4H9.Sn/c5-4-3-6-1-2-7-4;3*1-3-4-2;/h1-2H;3*1,3-4H2,2H3;. The summed E-state index contributed by atoms with van der Waals surface area (Å²) in [5.41, 5.74) is 0. The van der Waals surface area contributed by atoms with Crippen LogP contribution >= 0.6 is 11.6 Å². The summed E-state index contributed by atoms with van der Waals surface area (Å²) in [5.74, 6) is 0. The first-order valence-electron chi connectivity index (χ1n) is 8.17. The molecule has 0 bridgehead atoms. The molecule has 1 aromatic rings. The Morgan fingerprint density at radius 1 is 0.850 bits per heavy atom. The number of aromatic nitrogens is 2. The van der Waals surface area contributed by atoms with Crippen molar-refractivity contribution in [2.75, 3.05) is 0 Å². The second-order valence-corrected chi connectivity index (χ2v) is 19.1. The summed E-state index contributed by atoms with van der Waals surface area (Å²) in [6, 6.07) is 0. The van der Waals surface area contributed by atoms with Crippen LogP contribution in [-0.4, -0.2) is 28.3 Å². The third-order valence-corrected chi connectivity index (χ3v) is 20.0. The second-order valence-electron chi connectivity index (χ2n) is 5.79. The zero-order chi connectivity index (χ0) is 14.8. The average Bonchev–Trinajstić information content (AvgIpc) is 2.48. The summed E-state index contributed by atoms with van der Waals surface area (Å²) in [7, 11) is 0. The first kappa shape index (κ1) is 18.2. The molecule has 2 nitrogen and oxygen atoms in total. The van der Waals surface area contributed by atoms with Crippen LogP contribution in [0.1, 0.15) is 59.3 Å². The zero-order valence-corrected chi connectivity index (χ0v) is 16.9. The van der Waals surface area contributed by atoms with Crippen molar-refractivity contribution < 1.29 is 0 Å². The van der Waals surface area contributed by atoms with Crippen LogP contribution in [0.4, 0.5) is 0 Å². The number of halogens is 1. The molecule has 0 saturated heterocycles. The maximum absolute atomic E-state index is 6.42. The Hall–Kier alpha value is 0.169. The molecule has 0 aromatic carbocycles. The van der Waals surface area contributed by atoms with Crippen molar-refractivity contribution in [3.8, 4) is 0 Å². The van der Waals surface area contributed by atoms with Gasteiger partial charge in [0.2, 0.25) is 0 Å². The summed E-state index contributed by atoms with van der Waals surface area (Å²) in [4.78, 5) is 9.03. The molecule has 4 heteroatoms. The van der Waals surface area contributed by atoms with E-state index in [9.17, 15) is 0 Å². The van der Waals surface area contributed by atoms with Crippen molar-refractivity contribution in [3.05, 3.63) is 17.5 Å². The first-order chi connectivity index (χ1) is 9.70. The number of hydrogen-bond acceptors (Lipinski definition) is 2. The number of rotatable bonds is 10. The van der Waals surface area contributed by atoms with Gasteiger partial charge in [-0.3, -0.25) is 0 Å². The Balaban J connectivity index is 3.08. The van der Waals surface area contributed by atoms with E-state index in [1.54, 1.807) is 6.20 Å². The molecule has 0 N–H and O–H groups in total. The molecule has 0 aliphatic carbocycles. The second kappa shape index (κ2) is 9.99. The van der Waals surface area contributed by atoms with E-state index >= 15 is 0 Å². The van der Waals surface area contributed by atoms with Crippen molar-refractivity contribution >= 4 is 33.7 Å². The van der Waals surface area contributed by atoms with Crippen LogP contribution < -0.4 is 3.71 Å². The van der Waals surface area contributed by atoms with Gasteiger partial charge in [0.05, 0.1) is 0 Å². The van der Waals surface area contributed by atoms with Gasteiger partial charge in [-0.1, -0.05) is 0 Å². The topological polar surface area (TPSA) is 25.8 Å². The third kappa shape index (κ3) is 5.18. The molecule has 1 rings (SSSR count). The molecule has 0 amide bonds. The van der Waals surface area contributed by atoms with E-state index in [1.165, 1.54) is 55.5 Å². The van der Waals surface area contributed by atoms with Gasteiger partial charge in [-0.15, -0.1) is 0 Å². The van der Waals surface area contributed by atoms with Crippen LogP contribution in [-0.2, 0) is 0 Å². The molecule has 0 aliphatic heterocycles. The van der Waals surface area contributed by atoms with Gasteiger partial charge in [-0.05, 0) is 0 Å². The molecule has 1 aromatic heterocycles. The van der Waals surface area contributed by atoms with E-state index in [4.69, 9.17) is 16.6 Å². The first-order valence-corrected chi connectivity index (χ1v) is 16.0. The van der Waals surface area contributed by atoms with Crippen molar-refractivity contribution in [1.29, 1.82) is 0 Å². The van der Waals surface area contributed by atoms with Crippen molar-refractivity contribution in [3.63, 3.8) is 0 Å². The van der Waals surface area contributed by atoms with Crippen LogP contribution in [0.2, 0.25) is 18.5 Å². The van der Waals surface area contributed by atoms with Crippen molar-refractivity contribution in [2.45, 2.75) is 72.6 Å². The Morgan fingerprint density at radius 2 is 1.30 bits per heavy atom. The number of nitrogens with zero attached hydrogens (tertiary/aromatic N) is 2. The van der Waals surface area contributed by atoms with E-state index < -0.39 is 18.4 Å². The van der Waals surface area contributed by atoms with Crippen LogP contribution in [0, 0.1) is 0 Å². The maximum atomic E-state index is 6.42. The Kier molecular flexibility index (Phi) is 9.10. The van der Waals surface area contributed by atoms with Crippen LogP contribution in [0.25, 0.3) is 0 Å². The van der Waals surface area contributed by atoms with Crippen LogP contribution in [0.5, 0.6) is 0 Å². The fourth-order valence-electron chi connectivity index (χ4n) is 2.95. The quantitative estimate of drug-likeness (QED) is 0.503. The van der Waals surface area contributed by atoms with E-state index in [0.717, 1.165) is 0 Å². The van der Waals surface area contributed by atoms with Gasteiger partial charge >= 0.3 is 134 Å². The molecule has 0 spiro atoms. The zero-order valence-electron chi connectivity index (χ0n) is 13.3. The predicted molar refractivity (Wildman–Crippen MR) is 91.6 cm³/mol. The molecule has 0 unspecified atom stereocenters. The van der Waals surface area contributed by atoms with Crippen LogP contribution in [0.3, 0.4) is 0 Å². The Bertz CT molecular complexity index is 363. The van der Waals surface area contributed by atoms with Crippen LogP contribution in [0.15, 0.2) is 12.4 Å². The minimum atomic E-state index is -2.46. The van der Waals surface area contributed by atoms with Crippen molar-refractivity contribution in [2.24, 2.45) is 0 Å². The summed E-state index contributed by atoms with van der Waals surface area (Å²) in [5, 5.41) is 0.701. The van der Waals surface area contributed by atoms with Gasteiger partial charge in [0.1, 0.15) is 0 Å². The van der Waals surface area contributed by atoms with E-state index in [1.807, 2.05) is 6.20 Å². The summed E-state index contributed by atoms with van der Waals surface area (Å²) < 4.78 is 5.43. The van der Waals surface area contributed by atoms with Gasteiger partial charge in [0, 0.05) is 0 Å². The molecule has 20 heavy (non-hydrogen) atoms. The molecule has 0 saturated carbocycles. The molecule has 0 aliphatic rings. The van der Waals surface area contributed by atoms with Gasteiger partial charge < -0.3 is 0 Å². The number of unbranched alkanes of at least 4 members (excludes halogenated alkanes) is 3.